The summed E-state index contributed by atoms with van der Waals surface area (Å²) in [6.07, 6.45) is 5.27. The first kappa shape index (κ1) is 16.9. The molecule has 20 heavy (non-hydrogen) atoms. The number of amides is 1. The van der Waals surface area contributed by atoms with E-state index in [0.29, 0.717) is 29.1 Å². The van der Waals surface area contributed by atoms with Crippen molar-refractivity contribution >= 4 is 17.5 Å². The number of carbonyl (C=O) groups excluding carboxylic acids is 1. The van der Waals surface area contributed by atoms with Crippen LogP contribution in [0.5, 0.6) is 0 Å². The molecule has 0 aliphatic carbocycles. The molecule has 1 heterocycles. The summed E-state index contributed by atoms with van der Waals surface area (Å²) >= 11 is 5.98. The van der Waals surface area contributed by atoms with Gasteiger partial charge in [-0.25, -0.2) is 0 Å². The van der Waals surface area contributed by atoms with Gasteiger partial charge in [-0.05, 0) is 26.1 Å². The topological polar surface area (TPSA) is 45.2 Å². The van der Waals surface area contributed by atoms with Crippen molar-refractivity contribution in [3.8, 4) is 0 Å². The van der Waals surface area contributed by atoms with Crippen LogP contribution >= 0.6 is 11.6 Å². The van der Waals surface area contributed by atoms with Gasteiger partial charge in [0, 0.05) is 25.0 Å². The van der Waals surface area contributed by atoms with E-state index >= 15 is 0 Å². The fraction of sp³-hybridized carbons (Fsp3) is 0.600. The van der Waals surface area contributed by atoms with Gasteiger partial charge in [-0.2, -0.15) is 0 Å². The number of aromatic nitrogens is 1. The molecule has 1 N–H and O–H groups in total. The van der Waals surface area contributed by atoms with E-state index in [1.165, 1.54) is 6.20 Å². The Bertz CT molecular complexity index is 433. The van der Waals surface area contributed by atoms with E-state index in [9.17, 15) is 4.79 Å². The first-order valence-electron chi connectivity index (χ1n) is 7.05. The third kappa shape index (κ3) is 4.46. The molecule has 0 spiro atoms. The SMILES string of the molecule is CCC(CC)C(CNC(=O)c1ccncc1Cl)N(C)C. The zero-order valence-corrected chi connectivity index (χ0v) is 13.4. The van der Waals surface area contributed by atoms with Crippen LogP contribution in [-0.4, -0.2) is 42.5 Å². The van der Waals surface area contributed by atoms with Gasteiger partial charge < -0.3 is 10.2 Å². The lowest BCUT2D eigenvalue weighted by molar-refractivity contribution is 0.0929. The van der Waals surface area contributed by atoms with E-state index < -0.39 is 0 Å². The van der Waals surface area contributed by atoms with Gasteiger partial charge in [-0.3, -0.25) is 9.78 Å². The first-order chi connectivity index (χ1) is 9.51. The summed E-state index contributed by atoms with van der Waals surface area (Å²) in [5.41, 5.74) is 0.476. The summed E-state index contributed by atoms with van der Waals surface area (Å²) in [7, 11) is 4.10. The van der Waals surface area contributed by atoms with Crippen molar-refractivity contribution in [2.45, 2.75) is 32.7 Å². The molecule has 1 atom stereocenters. The van der Waals surface area contributed by atoms with Gasteiger partial charge in [-0.1, -0.05) is 38.3 Å². The monoisotopic (exact) mass is 297 g/mol. The summed E-state index contributed by atoms with van der Waals surface area (Å²) < 4.78 is 0. The number of rotatable bonds is 7. The van der Waals surface area contributed by atoms with Crippen LogP contribution in [0.2, 0.25) is 5.02 Å². The van der Waals surface area contributed by atoms with Crippen LogP contribution in [0.15, 0.2) is 18.5 Å². The molecule has 1 aromatic heterocycles. The molecule has 0 aliphatic heterocycles. The molecular weight excluding hydrogens is 274 g/mol. The number of halogens is 1. The number of likely N-dealkylation sites (N-methyl/N-ethyl adjacent to an activating group) is 1. The Labute approximate surface area is 126 Å². The maximum atomic E-state index is 12.1. The Morgan fingerprint density at radius 1 is 1.40 bits per heavy atom. The van der Waals surface area contributed by atoms with Crippen LogP contribution in [0.4, 0.5) is 0 Å². The second-order valence-electron chi connectivity index (χ2n) is 5.17. The normalized spacial score (nSPS) is 12.8. The van der Waals surface area contributed by atoms with Crippen LogP contribution in [0, 0.1) is 5.92 Å². The number of nitrogens with one attached hydrogen (secondary N) is 1. The van der Waals surface area contributed by atoms with Crippen LogP contribution in [0.3, 0.4) is 0 Å². The molecule has 5 heteroatoms. The van der Waals surface area contributed by atoms with Gasteiger partial charge in [0.15, 0.2) is 0 Å². The highest BCUT2D eigenvalue weighted by Gasteiger charge is 2.21. The van der Waals surface area contributed by atoms with Gasteiger partial charge in [0.25, 0.3) is 5.91 Å². The molecule has 1 rings (SSSR count). The Balaban J connectivity index is 2.68. The van der Waals surface area contributed by atoms with Crippen molar-refractivity contribution in [2.75, 3.05) is 20.6 Å². The molecule has 1 unspecified atom stereocenters. The molecule has 1 amide bonds. The quantitative estimate of drug-likeness (QED) is 0.842. The summed E-state index contributed by atoms with van der Waals surface area (Å²) in [6, 6.07) is 1.97. The Hall–Kier alpha value is -1.13. The van der Waals surface area contributed by atoms with E-state index in [1.54, 1.807) is 12.3 Å². The zero-order valence-electron chi connectivity index (χ0n) is 12.7. The molecule has 0 saturated carbocycles. The molecule has 0 saturated heterocycles. The number of hydrogen-bond donors (Lipinski definition) is 1. The van der Waals surface area contributed by atoms with Crippen LogP contribution in [-0.2, 0) is 0 Å². The lowest BCUT2D eigenvalue weighted by atomic mass is 9.93. The average molecular weight is 298 g/mol. The summed E-state index contributed by atoms with van der Waals surface area (Å²) in [6.45, 7) is 5.00. The maximum absolute atomic E-state index is 12.1. The number of hydrogen-bond acceptors (Lipinski definition) is 3. The van der Waals surface area contributed by atoms with Crippen LogP contribution in [0.25, 0.3) is 0 Å². The second kappa shape index (κ2) is 8.22. The van der Waals surface area contributed by atoms with E-state index in [2.05, 4.69) is 43.1 Å². The molecular formula is C15H24ClN3O. The largest absolute Gasteiger partial charge is 0.350 e. The Morgan fingerprint density at radius 3 is 2.55 bits per heavy atom. The molecule has 0 aromatic carbocycles. The molecule has 4 nitrogen and oxygen atoms in total. The minimum Gasteiger partial charge on any atom is -0.350 e. The lowest BCUT2D eigenvalue weighted by Gasteiger charge is -2.31. The third-order valence-corrected chi connectivity index (χ3v) is 4.05. The van der Waals surface area contributed by atoms with E-state index in [1.807, 2.05) is 0 Å². The minimum absolute atomic E-state index is 0.143. The first-order valence-corrected chi connectivity index (χ1v) is 7.43. The molecule has 0 bridgehead atoms. The zero-order chi connectivity index (χ0) is 15.1. The predicted molar refractivity (Wildman–Crippen MR) is 83.1 cm³/mol. The third-order valence-electron chi connectivity index (χ3n) is 3.75. The lowest BCUT2D eigenvalue weighted by Crippen LogP contribution is -2.44. The molecule has 0 aliphatic rings. The van der Waals surface area contributed by atoms with E-state index in [-0.39, 0.29) is 5.91 Å². The van der Waals surface area contributed by atoms with Crippen molar-refractivity contribution in [3.63, 3.8) is 0 Å². The van der Waals surface area contributed by atoms with Crippen LogP contribution in [0.1, 0.15) is 37.0 Å². The van der Waals surface area contributed by atoms with Crippen molar-refractivity contribution in [1.82, 2.24) is 15.2 Å². The summed E-state index contributed by atoms with van der Waals surface area (Å²) in [4.78, 5) is 18.2. The van der Waals surface area contributed by atoms with E-state index in [4.69, 9.17) is 11.6 Å². The van der Waals surface area contributed by atoms with Gasteiger partial charge in [0.2, 0.25) is 0 Å². The maximum Gasteiger partial charge on any atom is 0.252 e. The van der Waals surface area contributed by atoms with Crippen molar-refractivity contribution in [1.29, 1.82) is 0 Å². The standard InChI is InChI=1S/C15H24ClN3O/c1-5-11(6-2)14(19(3)4)10-18-15(20)12-7-8-17-9-13(12)16/h7-9,11,14H,5-6,10H2,1-4H3,(H,18,20). The predicted octanol–water partition coefficient (Wildman–Crippen LogP) is 2.83. The fourth-order valence-corrected chi connectivity index (χ4v) is 2.66. The van der Waals surface area contributed by atoms with Crippen molar-refractivity contribution < 1.29 is 4.79 Å². The second-order valence-corrected chi connectivity index (χ2v) is 5.58. The van der Waals surface area contributed by atoms with Crippen molar-refractivity contribution in [2.24, 2.45) is 5.92 Å². The van der Waals surface area contributed by atoms with Gasteiger partial charge in [-0.15, -0.1) is 0 Å². The Morgan fingerprint density at radius 2 is 2.05 bits per heavy atom. The van der Waals surface area contributed by atoms with Crippen molar-refractivity contribution in [3.05, 3.63) is 29.0 Å². The summed E-state index contributed by atoms with van der Waals surface area (Å²) in [5.74, 6) is 0.424. The fourth-order valence-electron chi connectivity index (χ4n) is 2.46. The highest BCUT2D eigenvalue weighted by atomic mass is 35.5. The highest BCUT2D eigenvalue weighted by Crippen LogP contribution is 2.17. The molecule has 1 aromatic rings. The van der Waals surface area contributed by atoms with Crippen LogP contribution < -0.4 is 5.32 Å². The molecule has 0 fully saturated rings. The number of nitrogens with zero attached hydrogens (tertiary/aromatic N) is 2. The van der Waals surface area contributed by atoms with Gasteiger partial charge in [0.05, 0.1) is 10.6 Å². The highest BCUT2D eigenvalue weighted by molar-refractivity contribution is 6.33. The smallest absolute Gasteiger partial charge is 0.252 e. The van der Waals surface area contributed by atoms with Gasteiger partial charge >= 0.3 is 0 Å². The van der Waals surface area contributed by atoms with Gasteiger partial charge in [0.1, 0.15) is 0 Å². The molecule has 112 valence electrons. The minimum atomic E-state index is -0.143. The number of carbonyl (C=O) groups is 1. The average Bonchev–Trinajstić information content (AvgIpc) is 2.43. The number of pyridine rings is 1. The molecule has 0 radical (unpaired) electrons. The Kier molecular flexibility index (Phi) is 6.96. The van der Waals surface area contributed by atoms with E-state index in [0.717, 1.165) is 12.8 Å². The summed E-state index contributed by atoms with van der Waals surface area (Å²) in [5, 5.41) is 3.36.